The van der Waals surface area contributed by atoms with Crippen LogP contribution in [0.25, 0.3) is 0 Å². The van der Waals surface area contributed by atoms with Crippen LogP contribution in [0.1, 0.15) is 56.5 Å². The number of carbonyl (C=O) groups excluding carboxylic acids is 1. The molecule has 0 spiro atoms. The van der Waals surface area contributed by atoms with Crippen LogP contribution in [0.3, 0.4) is 0 Å². The Labute approximate surface area is 98.9 Å². The van der Waals surface area contributed by atoms with Crippen molar-refractivity contribution in [1.82, 2.24) is 0 Å². The number of ketones is 1. The first-order valence-electron chi connectivity index (χ1n) is 5.99. The molecule has 0 aliphatic heterocycles. The van der Waals surface area contributed by atoms with Gasteiger partial charge in [-0.3, -0.25) is 4.79 Å². The van der Waals surface area contributed by atoms with E-state index in [1.165, 1.54) is 5.56 Å². The van der Waals surface area contributed by atoms with Gasteiger partial charge >= 0.3 is 0 Å². The van der Waals surface area contributed by atoms with E-state index in [1.807, 2.05) is 24.3 Å². The minimum atomic E-state index is 0.312. The quantitative estimate of drug-likeness (QED) is 0.636. The molecule has 0 heterocycles. The van der Waals surface area contributed by atoms with Gasteiger partial charge in [0.2, 0.25) is 0 Å². The fraction of sp³-hybridized carbons (Fsp3) is 0.533. The molecule has 0 aromatic heterocycles. The van der Waals surface area contributed by atoms with Gasteiger partial charge in [-0.1, -0.05) is 52.0 Å². The summed E-state index contributed by atoms with van der Waals surface area (Å²) in [4.78, 5) is 11.3. The lowest BCUT2D eigenvalue weighted by molar-refractivity contribution is 0.0972. The van der Waals surface area contributed by atoms with Crippen LogP contribution in [-0.2, 0) is 6.42 Å². The second kappa shape index (κ2) is 5.29. The van der Waals surface area contributed by atoms with Gasteiger partial charge in [0.1, 0.15) is 0 Å². The Morgan fingerprint density at radius 3 is 2.12 bits per heavy atom. The maximum absolute atomic E-state index is 11.3. The third-order valence-corrected chi connectivity index (χ3v) is 2.17. The van der Waals surface area contributed by atoms with Crippen LogP contribution in [-0.4, -0.2) is 5.78 Å². The van der Waals surface area contributed by atoms with E-state index in [2.05, 4.69) is 27.7 Å². The fourth-order valence-corrected chi connectivity index (χ4v) is 1.58. The Balaban J connectivity index is 0.000000221. The van der Waals surface area contributed by atoms with Crippen LogP contribution >= 0.6 is 0 Å². The average molecular weight is 218 g/mol. The minimum Gasteiger partial charge on any atom is -0.294 e. The molecule has 88 valence electrons. The molecular formula is C15H22O. The summed E-state index contributed by atoms with van der Waals surface area (Å²) in [7, 11) is 0. The highest BCUT2D eigenvalue weighted by molar-refractivity contribution is 5.98. The van der Waals surface area contributed by atoms with E-state index in [1.54, 1.807) is 0 Å². The molecule has 0 fully saturated rings. The molecule has 0 radical (unpaired) electrons. The van der Waals surface area contributed by atoms with Gasteiger partial charge in [-0.05, 0) is 23.8 Å². The second-order valence-corrected chi connectivity index (χ2v) is 5.93. The van der Waals surface area contributed by atoms with Crippen molar-refractivity contribution in [1.29, 1.82) is 0 Å². The van der Waals surface area contributed by atoms with Gasteiger partial charge in [0.25, 0.3) is 0 Å². The highest BCUT2D eigenvalue weighted by Gasteiger charge is 2.14. The number of hydrogen-bond donors (Lipinski definition) is 0. The fourth-order valence-electron chi connectivity index (χ4n) is 1.58. The number of aryl methyl sites for hydroxylation is 1. The lowest BCUT2D eigenvalue weighted by atomic mass is 9.91. The Morgan fingerprint density at radius 1 is 1.00 bits per heavy atom. The van der Waals surface area contributed by atoms with E-state index >= 15 is 0 Å². The van der Waals surface area contributed by atoms with E-state index in [0.29, 0.717) is 11.2 Å². The van der Waals surface area contributed by atoms with Crippen LogP contribution in [0, 0.1) is 5.41 Å². The minimum absolute atomic E-state index is 0.312. The topological polar surface area (TPSA) is 17.1 Å². The van der Waals surface area contributed by atoms with Crippen molar-refractivity contribution >= 4 is 5.78 Å². The van der Waals surface area contributed by atoms with Gasteiger partial charge in [-0.2, -0.15) is 0 Å². The highest BCUT2D eigenvalue weighted by Crippen LogP contribution is 2.19. The van der Waals surface area contributed by atoms with Crippen molar-refractivity contribution in [3.8, 4) is 0 Å². The zero-order chi connectivity index (χ0) is 12.2. The first-order valence-corrected chi connectivity index (χ1v) is 5.99. The standard InChI is InChI=1S/C10H10O.C5H12/c11-10-7-3-5-8-4-1-2-6-9(8)10;1-5(2,3)4/h1-2,4,6H,3,5,7H2;1-4H3. The van der Waals surface area contributed by atoms with Gasteiger partial charge in [0.15, 0.2) is 5.78 Å². The van der Waals surface area contributed by atoms with Gasteiger partial charge in [0, 0.05) is 12.0 Å². The molecule has 1 aromatic rings. The predicted molar refractivity (Wildman–Crippen MR) is 68.8 cm³/mol. The highest BCUT2D eigenvalue weighted by atomic mass is 16.1. The Bertz CT molecular complexity index is 352. The number of rotatable bonds is 0. The molecule has 2 rings (SSSR count). The number of Topliss-reactive ketones (excluding diaryl/α,β-unsaturated/α-hetero) is 1. The molecule has 1 nitrogen and oxygen atoms in total. The molecule has 1 aliphatic rings. The van der Waals surface area contributed by atoms with Crippen molar-refractivity contribution in [3.05, 3.63) is 35.4 Å². The number of benzene rings is 1. The molecule has 0 saturated carbocycles. The predicted octanol–water partition coefficient (Wildman–Crippen LogP) is 4.26. The molecule has 1 aliphatic carbocycles. The summed E-state index contributed by atoms with van der Waals surface area (Å²) in [5.41, 5.74) is 2.67. The van der Waals surface area contributed by atoms with Crippen molar-refractivity contribution in [2.75, 3.05) is 0 Å². The monoisotopic (exact) mass is 218 g/mol. The Hall–Kier alpha value is -1.11. The molecule has 0 N–H and O–H groups in total. The molecule has 1 heteroatoms. The maximum Gasteiger partial charge on any atom is 0.163 e. The molecule has 0 atom stereocenters. The van der Waals surface area contributed by atoms with Crippen molar-refractivity contribution in [2.45, 2.75) is 47.0 Å². The van der Waals surface area contributed by atoms with E-state index in [0.717, 1.165) is 24.8 Å². The molecule has 0 bridgehead atoms. The van der Waals surface area contributed by atoms with Crippen LogP contribution in [0.15, 0.2) is 24.3 Å². The Morgan fingerprint density at radius 2 is 1.56 bits per heavy atom. The normalized spacial score (nSPS) is 14.9. The summed E-state index contributed by atoms with van der Waals surface area (Å²) in [5, 5.41) is 0. The zero-order valence-corrected chi connectivity index (χ0v) is 10.8. The number of carbonyl (C=O) groups is 1. The summed E-state index contributed by atoms with van der Waals surface area (Å²) in [6.07, 6.45) is 2.83. The van der Waals surface area contributed by atoms with E-state index in [-0.39, 0.29) is 0 Å². The van der Waals surface area contributed by atoms with Crippen molar-refractivity contribution in [3.63, 3.8) is 0 Å². The number of hydrogen-bond acceptors (Lipinski definition) is 1. The van der Waals surface area contributed by atoms with E-state index in [9.17, 15) is 4.79 Å². The van der Waals surface area contributed by atoms with Gasteiger partial charge < -0.3 is 0 Å². The molecule has 0 unspecified atom stereocenters. The largest absolute Gasteiger partial charge is 0.294 e. The summed E-state index contributed by atoms with van der Waals surface area (Å²) in [6.45, 7) is 8.75. The molecule has 0 amide bonds. The van der Waals surface area contributed by atoms with Gasteiger partial charge in [-0.15, -0.1) is 0 Å². The van der Waals surface area contributed by atoms with Crippen LogP contribution < -0.4 is 0 Å². The lowest BCUT2D eigenvalue weighted by Crippen LogP contribution is -2.09. The lowest BCUT2D eigenvalue weighted by Gasteiger charge is -2.12. The SMILES string of the molecule is CC(C)(C)C.O=C1CCCc2ccccc21. The zero-order valence-electron chi connectivity index (χ0n) is 10.8. The van der Waals surface area contributed by atoms with Crippen molar-refractivity contribution in [2.24, 2.45) is 5.41 Å². The average Bonchev–Trinajstić information content (AvgIpc) is 2.16. The summed E-state index contributed by atoms with van der Waals surface area (Å²) in [5.74, 6) is 0.312. The first-order chi connectivity index (χ1) is 7.38. The first kappa shape index (κ1) is 13.0. The van der Waals surface area contributed by atoms with E-state index < -0.39 is 0 Å². The van der Waals surface area contributed by atoms with Crippen LogP contribution in [0.4, 0.5) is 0 Å². The molecule has 0 saturated heterocycles. The van der Waals surface area contributed by atoms with Crippen LogP contribution in [0.5, 0.6) is 0 Å². The summed E-state index contributed by atoms with van der Waals surface area (Å²) >= 11 is 0. The summed E-state index contributed by atoms with van der Waals surface area (Å²) < 4.78 is 0. The van der Waals surface area contributed by atoms with Crippen molar-refractivity contribution < 1.29 is 4.79 Å². The smallest absolute Gasteiger partial charge is 0.163 e. The Kier molecular flexibility index (Phi) is 4.28. The van der Waals surface area contributed by atoms with E-state index in [4.69, 9.17) is 0 Å². The molecular weight excluding hydrogens is 196 g/mol. The molecule has 1 aromatic carbocycles. The third-order valence-electron chi connectivity index (χ3n) is 2.17. The van der Waals surface area contributed by atoms with Gasteiger partial charge in [0.05, 0.1) is 0 Å². The number of fused-ring (bicyclic) bond motifs is 1. The maximum atomic E-state index is 11.3. The van der Waals surface area contributed by atoms with Crippen LogP contribution in [0.2, 0.25) is 0 Å². The molecule has 16 heavy (non-hydrogen) atoms. The second-order valence-electron chi connectivity index (χ2n) is 5.93. The van der Waals surface area contributed by atoms with Gasteiger partial charge in [-0.25, -0.2) is 0 Å². The third kappa shape index (κ3) is 4.61. The summed E-state index contributed by atoms with van der Waals surface area (Å²) in [6, 6.07) is 7.91.